The van der Waals surface area contributed by atoms with Gasteiger partial charge in [-0.1, -0.05) is 31.0 Å². The Balaban J connectivity index is 2.26. The van der Waals surface area contributed by atoms with Gasteiger partial charge in [-0.3, -0.25) is 4.98 Å². The Kier molecular flexibility index (Phi) is 2.83. The van der Waals surface area contributed by atoms with Gasteiger partial charge in [0.2, 0.25) is 0 Å². The zero-order valence-electron chi connectivity index (χ0n) is 10.9. The van der Waals surface area contributed by atoms with Crippen molar-refractivity contribution in [3.05, 3.63) is 41.6 Å². The summed E-state index contributed by atoms with van der Waals surface area (Å²) < 4.78 is 0. The molecule has 1 aromatic carbocycles. The number of nitrogens with zero attached hydrogens (tertiary/aromatic N) is 1. The molecule has 18 heavy (non-hydrogen) atoms. The van der Waals surface area contributed by atoms with Crippen molar-refractivity contribution in [3.8, 4) is 0 Å². The van der Waals surface area contributed by atoms with Crippen LogP contribution in [-0.2, 0) is 5.41 Å². The highest BCUT2D eigenvalue weighted by molar-refractivity contribution is 5.85. The summed E-state index contributed by atoms with van der Waals surface area (Å²) in [5, 5.41) is 1.30. The Morgan fingerprint density at radius 1 is 1.22 bits per heavy atom. The predicted octanol–water partition coefficient (Wildman–Crippen LogP) is 3.31. The zero-order valence-corrected chi connectivity index (χ0v) is 10.9. The first-order valence-electron chi connectivity index (χ1n) is 6.82. The van der Waals surface area contributed by atoms with Crippen LogP contribution in [0.4, 0.5) is 0 Å². The van der Waals surface area contributed by atoms with Gasteiger partial charge in [-0.2, -0.15) is 0 Å². The van der Waals surface area contributed by atoms with E-state index in [9.17, 15) is 0 Å². The zero-order chi connectivity index (χ0) is 12.6. The molecule has 3 rings (SSSR count). The van der Waals surface area contributed by atoms with Crippen LogP contribution in [0.15, 0.2) is 30.5 Å². The van der Waals surface area contributed by atoms with Gasteiger partial charge in [-0.25, -0.2) is 0 Å². The SMILES string of the molecule is Cc1cccc2c(C3(CN)CCCC3)ccnc12. The van der Waals surface area contributed by atoms with Crippen LogP contribution in [0.25, 0.3) is 10.9 Å². The summed E-state index contributed by atoms with van der Waals surface area (Å²) in [4.78, 5) is 4.54. The molecule has 1 saturated carbocycles. The second-order valence-electron chi connectivity index (χ2n) is 5.52. The van der Waals surface area contributed by atoms with Crippen molar-refractivity contribution < 1.29 is 0 Å². The summed E-state index contributed by atoms with van der Waals surface area (Å²) in [5.41, 5.74) is 10.1. The number of pyridine rings is 1. The van der Waals surface area contributed by atoms with E-state index in [0.29, 0.717) is 0 Å². The number of fused-ring (bicyclic) bond motifs is 1. The first-order valence-corrected chi connectivity index (χ1v) is 6.82. The fourth-order valence-electron chi connectivity index (χ4n) is 3.42. The van der Waals surface area contributed by atoms with Crippen molar-refractivity contribution >= 4 is 10.9 Å². The Labute approximate surface area is 108 Å². The summed E-state index contributed by atoms with van der Waals surface area (Å²) in [6, 6.07) is 8.63. The molecule has 2 aromatic rings. The standard InChI is InChI=1S/C16H20N2/c1-12-5-4-6-13-14(7-10-18-15(12)13)16(11-17)8-2-3-9-16/h4-7,10H,2-3,8-9,11,17H2,1H3. The molecular formula is C16H20N2. The average Bonchev–Trinajstić information content (AvgIpc) is 2.89. The minimum absolute atomic E-state index is 0.189. The molecule has 0 saturated heterocycles. The van der Waals surface area contributed by atoms with E-state index in [1.165, 1.54) is 42.2 Å². The highest BCUT2D eigenvalue weighted by Crippen LogP contribution is 2.42. The summed E-state index contributed by atoms with van der Waals surface area (Å²) in [6.07, 6.45) is 6.98. The number of benzene rings is 1. The van der Waals surface area contributed by atoms with Crippen molar-refractivity contribution in [3.63, 3.8) is 0 Å². The summed E-state index contributed by atoms with van der Waals surface area (Å²) in [6.45, 7) is 2.88. The van der Waals surface area contributed by atoms with Gasteiger partial charge in [0.1, 0.15) is 0 Å². The number of hydrogen-bond donors (Lipinski definition) is 1. The number of aryl methyl sites for hydroxylation is 1. The Morgan fingerprint density at radius 2 is 2.00 bits per heavy atom. The lowest BCUT2D eigenvalue weighted by Crippen LogP contribution is -2.32. The topological polar surface area (TPSA) is 38.9 Å². The monoisotopic (exact) mass is 240 g/mol. The third-order valence-corrected chi connectivity index (χ3v) is 4.50. The van der Waals surface area contributed by atoms with Crippen molar-refractivity contribution in [2.24, 2.45) is 5.73 Å². The minimum Gasteiger partial charge on any atom is -0.330 e. The maximum Gasteiger partial charge on any atom is 0.0734 e. The summed E-state index contributed by atoms with van der Waals surface area (Å²) >= 11 is 0. The van der Waals surface area contributed by atoms with E-state index in [1.807, 2.05) is 6.20 Å². The van der Waals surface area contributed by atoms with Gasteiger partial charge in [0.25, 0.3) is 0 Å². The van der Waals surface area contributed by atoms with Gasteiger partial charge in [-0.05, 0) is 37.0 Å². The molecule has 1 heterocycles. The molecule has 2 nitrogen and oxygen atoms in total. The predicted molar refractivity (Wildman–Crippen MR) is 75.7 cm³/mol. The Hall–Kier alpha value is -1.41. The van der Waals surface area contributed by atoms with Crippen molar-refractivity contribution in [2.45, 2.75) is 38.0 Å². The molecule has 0 spiro atoms. The largest absolute Gasteiger partial charge is 0.330 e. The van der Waals surface area contributed by atoms with Crippen molar-refractivity contribution in [1.29, 1.82) is 0 Å². The normalized spacial score (nSPS) is 18.3. The molecule has 0 atom stereocenters. The smallest absolute Gasteiger partial charge is 0.0734 e. The van der Waals surface area contributed by atoms with Crippen LogP contribution in [0.2, 0.25) is 0 Å². The highest BCUT2D eigenvalue weighted by atomic mass is 14.7. The van der Waals surface area contributed by atoms with E-state index >= 15 is 0 Å². The second kappa shape index (κ2) is 4.36. The quantitative estimate of drug-likeness (QED) is 0.874. The van der Waals surface area contributed by atoms with Crippen LogP contribution in [0.3, 0.4) is 0 Å². The maximum absolute atomic E-state index is 6.11. The van der Waals surface area contributed by atoms with Gasteiger partial charge in [0.15, 0.2) is 0 Å². The number of rotatable bonds is 2. The Bertz CT molecular complexity index is 568. The molecule has 0 unspecified atom stereocenters. The van der Waals surface area contributed by atoms with Crippen molar-refractivity contribution in [1.82, 2.24) is 4.98 Å². The van der Waals surface area contributed by atoms with Gasteiger partial charge in [0, 0.05) is 23.5 Å². The first-order chi connectivity index (χ1) is 8.77. The van der Waals surface area contributed by atoms with Gasteiger partial charge in [-0.15, -0.1) is 0 Å². The molecule has 1 aliphatic rings. The van der Waals surface area contributed by atoms with Crippen LogP contribution in [0.1, 0.15) is 36.8 Å². The maximum atomic E-state index is 6.11. The molecule has 0 amide bonds. The van der Waals surface area contributed by atoms with Crippen LogP contribution in [-0.4, -0.2) is 11.5 Å². The molecule has 2 N–H and O–H groups in total. The molecular weight excluding hydrogens is 220 g/mol. The molecule has 2 heteroatoms. The minimum atomic E-state index is 0.189. The van der Waals surface area contributed by atoms with Crippen LogP contribution in [0.5, 0.6) is 0 Å². The summed E-state index contributed by atoms with van der Waals surface area (Å²) in [5.74, 6) is 0. The van der Waals surface area contributed by atoms with E-state index in [4.69, 9.17) is 5.73 Å². The van der Waals surface area contributed by atoms with Gasteiger partial charge >= 0.3 is 0 Å². The molecule has 0 radical (unpaired) electrons. The van der Waals surface area contributed by atoms with Crippen LogP contribution >= 0.6 is 0 Å². The molecule has 0 aliphatic heterocycles. The lowest BCUT2D eigenvalue weighted by molar-refractivity contribution is 0.456. The Morgan fingerprint density at radius 3 is 2.72 bits per heavy atom. The summed E-state index contributed by atoms with van der Waals surface area (Å²) in [7, 11) is 0. The van der Waals surface area contributed by atoms with Gasteiger partial charge < -0.3 is 5.73 Å². The third kappa shape index (κ3) is 1.64. The van der Waals surface area contributed by atoms with E-state index < -0.39 is 0 Å². The van der Waals surface area contributed by atoms with Crippen LogP contribution < -0.4 is 5.73 Å². The lowest BCUT2D eigenvalue weighted by Gasteiger charge is -2.29. The fourth-order valence-corrected chi connectivity index (χ4v) is 3.42. The third-order valence-electron chi connectivity index (χ3n) is 4.50. The molecule has 1 aliphatic carbocycles. The van der Waals surface area contributed by atoms with Crippen LogP contribution in [0, 0.1) is 6.92 Å². The fraction of sp³-hybridized carbons (Fsp3) is 0.438. The number of para-hydroxylation sites is 1. The first kappa shape index (κ1) is 11.7. The lowest BCUT2D eigenvalue weighted by atomic mass is 9.77. The highest BCUT2D eigenvalue weighted by Gasteiger charge is 2.35. The number of hydrogen-bond acceptors (Lipinski definition) is 2. The van der Waals surface area contributed by atoms with E-state index in [0.717, 1.165) is 12.1 Å². The van der Waals surface area contributed by atoms with Gasteiger partial charge in [0.05, 0.1) is 5.52 Å². The second-order valence-corrected chi connectivity index (χ2v) is 5.52. The van der Waals surface area contributed by atoms with Crippen molar-refractivity contribution in [2.75, 3.05) is 6.54 Å². The number of aromatic nitrogens is 1. The number of nitrogens with two attached hydrogens (primary N) is 1. The molecule has 1 fully saturated rings. The van der Waals surface area contributed by atoms with E-state index in [-0.39, 0.29) is 5.41 Å². The molecule has 1 aromatic heterocycles. The van der Waals surface area contributed by atoms with E-state index in [1.54, 1.807) is 0 Å². The molecule has 94 valence electrons. The average molecular weight is 240 g/mol. The van der Waals surface area contributed by atoms with E-state index in [2.05, 4.69) is 36.2 Å². The molecule has 0 bridgehead atoms.